The molecule has 0 aliphatic rings. The fourth-order valence-corrected chi connectivity index (χ4v) is 2.12. The van der Waals surface area contributed by atoms with Crippen molar-refractivity contribution >= 4 is 11.3 Å². The first-order valence-corrected chi connectivity index (χ1v) is 6.21. The van der Waals surface area contributed by atoms with Crippen LogP contribution in [0.3, 0.4) is 0 Å². The molecule has 1 aromatic rings. The van der Waals surface area contributed by atoms with Crippen LogP contribution in [0, 0.1) is 6.92 Å². The Labute approximate surface area is 95.8 Å². The first-order valence-electron chi connectivity index (χ1n) is 5.26. The zero-order valence-corrected chi connectivity index (χ0v) is 10.3. The van der Waals surface area contributed by atoms with Gasteiger partial charge < -0.3 is 15.4 Å². The molecule has 86 valence electrons. The predicted octanol–water partition coefficient (Wildman–Crippen LogP) is 1.38. The average molecular weight is 228 g/mol. The minimum absolute atomic E-state index is 0.781. The maximum Gasteiger partial charge on any atom is 0.0587 e. The highest BCUT2D eigenvalue weighted by Gasteiger charge is 1.97. The molecule has 0 radical (unpaired) electrons. The van der Waals surface area contributed by atoms with Crippen molar-refractivity contribution in [3.8, 4) is 0 Å². The lowest BCUT2D eigenvalue weighted by Crippen LogP contribution is -2.29. The van der Waals surface area contributed by atoms with Crippen molar-refractivity contribution in [2.45, 2.75) is 13.5 Å². The SMILES string of the molecule is COCCNCCNCc1cscc1C. The first-order chi connectivity index (χ1) is 7.34. The van der Waals surface area contributed by atoms with Gasteiger partial charge in [-0.05, 0) is 28.8 Å². The molecule has 0 aliphatic carbocycles. The van der Waals surface area contributed by atoms with Crippen molar-refractivity contribution in [1.82, 2.24) is 10.6 Å². The molecule has 0 amide bonds. The molecule has 0 unspecified atom stereocenters. The van der Waals surface area contributed by atoms with Crippen molar-refractivity contribution in [3.63, 3.8) is 0 Å². The Morgan fingerprint density at radius 2 is 2.00 bits per heavy atom. The van der Waals surface area contributed by atoms with Gasteiger partial charge in [0, 0.05) is 33.3 Å². The molecule has 0 aliphatic heterocycles. The number of nitrogens with one attached hydrogen (secondary N) is 2. The van der Waals surface area contributed by atoms with Crippen molar-refractivity contribution in [3.05, 3.63) is 21.9 Å². The van der Waals surface area contributed by atoms with Gasteiger partial charge in [-0.2, -0.15) is 11.3 Å². The highest BCUT2D eigenvalue weighted by molar-refractivity contribution is 7.08. The third kappa shape index (κ3) is 5.28. The standard InChI is InChI=1S/C11H20N2OS/c1-10-8-15-9-11(10)7-13-4-3-12-5-6-14-2/h8-9,12-13H,3-7H2,1-2H3. The Bertz CT molecular complexity index is 263. The lowest BCUT2D eigenvalue weighted by atomic mass is 10.2. The van der Waals surface area contributed by atoms with Gasteiger partial charge in [-0.15, -0.1) is 0 Å². The highest BCUT2D eigenvalue weighted by Crippen LogP contribution is 2.12. The Morgan fingerprint density at radius 1 is 1.20 bits per heavy atom. The molecule has 0 spiro atoms. The number of aryl methyl sites for hydroxylation is 1. The molecule has 4 heteroatoms. The third-order valence-electron chi connectivity index (χ3n) is 2.24. The number of thiophene rings is 1. The quantitative estimate of drug-likeness (QED) is 0.660. The summed E-state index contributed by atoms with van der Waals surface area (Å²) in [4.78, 5) is 0. The van der Waals surface area contributed by atoms with E-state index in [-0.39, 0.29) is 0 Å². The summed E-state index contributed by atoms with van der Waals surface area (Å²) in [7, 11) is 1.72. The summed E-state index contributed by atoms with van der Waals surface area (Å²) in [5, 5.41) is 11.1. The van der Waals surface area contributed by atoms with Gasteiger partial charge in [0.1, 0.15) is 0 Å². The number of ether oxygens (including phenoxy) is 1. The summed E-state index contributed by atoms with van der Waals surface area (Å²) in [6.45, 7) is 6.83. The second-order valence-electron chi connectivity index (χ2n) is 3.50. The highest BCUT2D eigenvalue weighted by atomic mass is 32.1. The fourth-order valence-electron chi connectivity index (χ4n) is 1.27. The van der Waals surface area contributed by atoms with Gasteiger partial charge in [0.25, 0.3) is 0 Å². The Hall–Kier alpha value is -0.420. The van der Waals surface area contributed by atoms with Gasteiger partial charge in [-0.3, -0.25) is 0 Å². The average Bonchev–Trinajstić information content (AvgIpc) is 2.63. The van der Waals surface area contributed by atoms with Gasteiger partial charge in [0.05, 0.1) is 6.61 Å². The van der Waals surface area contributed by atoms with Crippen molar-refractivity contribution in [2.24, 2.45) is 0 Å². The summed E-state index contributed by atoms with van der Waals surface area (Å²) >= 11 is 1.77. The normalized spacial score (nSPS) is 10.8. The number of hydrogen-bond acceptors (Lipinski definition) is 4. The van der Waals surface area contributed by atoms with Crippen molar-refractivity contribution in [1.29, 1.82) is 0 Å². The molecular formula is C11H20N2OS. The van der Waals surface area contributed by atoms with Crippen molar-refractivity contribution < 1.29 is 4.74 Å². The number of methoxy groups -OCH3 is 1. The lowest BCUT2D eigenvalue weighted by Gasteiger charge is -2.05. The summed E-state index contributed by atoms with van der Waals surface area (Å²) in [5.74, 6) is 0. The molecule has 1 aromatic heterocycles. The minimum Gasteiger partial charge on any atom is -0.383 e. The fraction of sp³-hybridized carbons (Fsp3) is 0.636. The van der Waals surface area contributed by atoms with E-state index in [1.54, 1.807) is 18.4 Å². The first kappa shape index (κ1) is 12.6. The number of rotatable bonds is 8. The summed E-state index contributed by atoms with van der Waals surface area (Å²) in [6.07, 6.45) is 0. The van der Waals surface area contributed by atoms with E-state index in [4.69, 9.17) is 4.74 Å². The van der Waals surface area contributed by atoms with Crippen LogP contribution in [-0.2, 0) is 11.3 Å². The smallest absolute Gasteiger partial charge is 0.0587 e. The van der Waals surface area contributed by atoms with Crippen LogP contribution in [0.25, 0.3) is 0 Å². The molecule has 0 fully saturated rings. The van der Waals surface area contributed by atoms with Crippen LogP contribution in [-0.4, -0.2) is 33.4 Å². The van der Waals surface area contributed by atoms with Crippen molar-refractivity contribution in [2.75, 3.05) is 33.4 Å². The van der Waals surface area contributed by atoms with Crippen LogP contribution in [0.15, 0.2) is 10.8 Å². The van der Waals surface area contributed by atoms with E-state index in [0.29, 0.717) is 0 Å². The molecule has 0 aromatic carbocycles. The van der Waals surface area contributed by atoms with Gasteiger partial charge in [-0.25, -0.2) is 0 Å². The molecule has 2 N–H and O–H groups in total. The largest absolute Gasteiger partial charge is 0.383 e. The van der Waals surface area contributed by atoms with Crippen LogP contribution in [0.4, 0.5) is 0 Å². The second-order valence-corrected chi connectivity index (χ2v) is 4.24. The van der Waals surface area contributed by atoms with Crippen LogP contribution in [0.5, 0.6) is 0 Å². The van der Waals surface area contributed by atoms with Crippen LogP contribution in [0.1, 0.15) is 11.1 Å². The maximum atomic E-state index is 4.94. The molecule has 1 rings (SSSR count). The summed E-state index contributed by atoms with van der Waals surface area (Å²) in [5.41, 5.74) is 2.80. The van der Waals surface area contributed by atoms with Crippen LogP contribution < -0.4 is 10.6 Å². The Balaban J connectivity index is 1.96. The summed E-state index contributed by atoms with van der Waals surface area (Å²) < 4.78 is 4.94. The van der Waals surface area contributed by atoms with E-state index in [1.807, 2.05) is 0 Å². The van der Waals surface area contributed by atoms with E-state index in [2.05, 4.69) is 28.3 Å². The predicted molar refractivity (Wildman–Crippen MR) is 65.5 cm³/mol. The monoisotopic (exact) mass is 228 g/mol. The Morgan fingerprint density at radius 3 is 2.67 bits per heavy atom. The molecule has 0 saturated heterocycles. The van der Waals surface area contributed by atoms with E-state index >= 15 is 0 Å². The molecule has 1 heterocycles. The number of hydrogen-bond donors (Lipinski definition) is 2. The van der Waals surface area contributed by atoms with E-state index in [9.17, 15) is 0 Å². The zero-order chi connectivity index (χ0) is 10.9. The van der Waals surface area contributed by atoms with Crippen LogP contribution in [0.2, 0.25) is 0 Å². The molecule has 15 heavy (non-hydrogen) atoms. The minimum atomic E-state index is 0.781. The lowest BCUT2D eigenvalue weighted by molar-refractivity contribution is 0.199. The van der Waals surface area contributed by atoms with Gasteiger partial charge in [0.15, 0.2) is 0 Å². The maximum absolute atomic E-state index is 4.94. The molecular weight excluding hydrogens is 208 g/mol. The van der Waals surface area contributed by atoms with Crippen LogP contribution >= 0.6 is 11.3 Å². The zero-order valence-electron chi connectivity index (χ0n) is 9.51. The second kappa shape index (κ2) is 7.82. The van der Waals surface area contributed by atoms with E-state index < -0.39 is 0 Å². The topological polar surface area (TPSA) is 33.3 Å². The Kier molecular flexibility index (Phi) is 6.59. The summed E-state index contributed by atoms with van der Waals surface area (Å²) in [6, 6.07) is 0. The van der Waals surface area contributed by atoms with Gasteiger partial charge in [-0.1, -0.05) is 0 Å². The van der Waals surface area contributed by atoms with E-state index in [1.165, 1.54) is 11.1 Å². The van der Waals surface area contributed by atoms with E-state index in [0.717, 1.165) is 32.8 Å². The molecule has 3 nitrogen and oxygen atoms in total. The molecule has 0 atom stereocenters. The van der Waals surface area contributed by atoms with Gasteiger partial charge in [0.2, 0.25) is 0 Å². The third-order valence-corrected chi connectivity index (χ3v) is 3.15. The van der Waals surface area contributed by atoms with Gasteiger partial charge >= 0.3 is 0 Å². The molecule has 0 bridgehead atoms. The molecule has 0 saturated carbocycles.